The van der Waals surface area contributed by atoms with Gasteiger partial charge < -0.3 is 10.1 Å². The van der Waals surface area contributed by atoms with E-state index in [2.05, 4.69) is 10.6 Å². The predicted molar refractivity (Wildman–Crippen MR) is 93.8 cm³/mol. The maximum absolute atomic E-state index is 12.8. The molecule has 1 aliphatic carbocycles. The van der Waals surface area contributed by atoms with Crippen molar-refractivity contribution in [2.24, 2.45) is 0 Å². The summed E-state index contributed by atoms with van der Waals surface area (Å²) in [6, 6.07) is 5.35. The largest absolute Gasteiger partial charge is 0.453 e. The van der Waals surface area contributed by atoms with Crippen LogP contribution >= 0.6 is 0 Å². The molecule has 1 fully saturated rings. The summed E-state index contributed by atoms with van der Waals surface area (Å²) in [5.41, 5.74) is 0.798. The second-order valence-corrected chi connectivity index (χ2v) is 6.56. The Morgan fingerprint density at radius 3 is 2.46 bits per heavy atom. The minimum Gasteiger partial charge on any atom is -0.453 e. The minimum atomic E-state index is -1.06. The van der Waals surface area contributed by atoms with Gasteiger partial charge in [0.2, 0.25) is 0 Å². The lowest BCUT2D eigenvalue weighted by Crippen LogP contribution is -2.48. The van der Waals surface area contributed by atoms with Crippen LogP contribution in [-0.4, -0.2) is 30.1 Å². The molecule has 2 rings (SSSR count). The van der Waals surface area contributed by atoms with Crippen molar-refractivity contribution in [2.45, 2.75) is 64.0 Å². The van der Waals surface area contributed by atoms with Gasteiger partial charge in [0.05, 0.1) is 0 Å². The number of amides is 3. The molecular formula is C19H25FN2O4. The number of hydrogen-bond acceptors (Lipinski definition) is 4. The highest BCUT2D eigenvalue weighted by Gasteiger charge is 2.22. The molecule has 0 unspecified atom stereocenters. The van der Waals surface area contributed by atoms with Crippen LogP contribution in [0.2, 0.25) is 0 Å². The fraction of sp³-hybridized carbons (Fsp3) is 0.526. The Morgan fingerprint density at radius 1 is 1.15 bits per heavy atom. The predicted octanol–water partition coefficient (Wildman–Crippen LogP) is 2.85. The van der Waals surface area contributed by atoms with Gasteiger partial charge in [0.1, 0.15) is 5.82 Å². The van der Waals surface area contributed by atoms with E-state index in [4.69, 9.17) is 4.74 Å². The van der Waals surface area contributed by atoms with Crippen LogP contribution < -0.4 is 10.6 Å². The van der Waals surface area contributed by atoms with Gasteiger partial charge in [0.25, 0.3) is 5.91 Å². The van der Waals surface area contributed by atoms with Gasteiger partial charge in [0, 0.05) is 12.5 Å². The number of carbonyl (C=O) groups excluding carboxylic acids is 3. The second-order valence-electron chi connectivity index (χ2n) is 6.56. The van der Waals surface area contributed by atoms with Gasteiger partial charge in [-0.3, -0.25) is 14.9 Å². The van der Waals surface area contributed by atoms with Crippen molar-refractivity contribution in [2.75, 3.05) is 0 Å². The number of ether oxygens (including phenoxy) is 1. The van der Waals surface area contributed by atoms with Crippen LogP contribution in [0, 0.1) is 5.82 Å². The Hall–Kier alpha value is -2.44. The van der Waals surface area contributed by atoms with Gasteiger partial charge >= 0.3 is 12.0 Å². The molecule has 0 spiro atoms. The van der Waals surface area contributed by atoms with E-state index < -0.39 is 24.0 Å². The van der Waals surface area contributed by atoms with Crippen LogP contribution in [0.15, 0.2) is 24.3 Å². The van der Waals surface area contributed by atoms with Gasteiger partial charge in [-0.15, -0.1) is 0 Å². The molecule has 142 valence electrons. The van der Waals surface area contributed by atoms with Crippen LogP contribution in [0.1, 0.15) is 51.0 Å². The third-order valence-electron chi connectivity index (χ3n) is 4.39. The fourth-order valence-electron chi connectivity index (χ4n) is 2.89. The van der Waals surface area contributed by atoms with Crippen LogP contribution in [-0.2, 0) is 20.7 Å². The van der Waals surface area contributed by atoms with Crippen molar-refractivity contribution < 1.29 is 23.5 Å². The van der Waals surface area contributed by atoms with E-state index in [0.717, 1.165) is 31.2 Å². The monoisotopic (exact) mass is 364 g/mol. The summed E-state index contributed by atoms with van der Waals surface area (Å²) in [7, 11) is 0. The molecule has 1 saturated carbocycles. The topological polar surface area (TPSA) is 84.5 Å². The third-order valence-corrected chi connectivity index (χ3v) is 4.39. The molecule has 0 aliphatic heterocycles. The average molecular weight is 364 g/mol. The number of rotatable bonds is 6. The number of aryl methyl sites for hydroxylation is 1. The van der Waals surface area contributed by atoms with Crippen LogP contribution in [0.25, 0.3) is 0 Å². The van der Waals surface area contributed by atoms with E-state index in [1.54, 1.807) is 12.1 Å². The lowest BCUT2D eigenvalue weighted by molar-refractivity contribution is -0.154. The molecule has 0 bridgehead atoms. The van der Waals surface area contributed by atoms with Crippen LogP contribution in [0.5, 0.6) is 0 Å². The van der Waals surface area contributed by atoms with E-state index in [9.17, 15) is 18.8 Å². The molecule has 0 heterocycles. The number of hydrogen-bond donors (Lipinski definition) is 2. The summed E-state index contributed by atoms with van der Waals surface area (Å²) in [5.74, 6) is -1.55. The van der Waals surface area contributed by atoms with Gasteiger partial charge in [0.15, 0.2) is 6.10 Å². The van der Waals surface area contributed by atoms with E-state index >= 15 is 0 Å². The Labute approximate surface area is 152 Å². The minimum absolute atomic E-state index is 0.0670. The standard InChI is InChI=1S/C19H25FN2O4/c1-13(18(24)22-19(25)21-16-5-3-2-4-6-16)26-17(23)12-9-14-7-10-15(20)11-8-14/h7-8,10-11,13,16H,2-6,9,12H2,1H3,(H2,21,22,24,25)/t13-/m0/s1. The molecule has 1 atom stereocenters. The summed E-state index contributed by atoms with van der Waals surface area (Å²) in [6.45, 7) is 1.42. The maximum atomic E-state index is 12.8. The molecule has 1 aromatic rings. The quantitative estimate of drug-likeness (QED) is 0.760. The summed E-state index contributed by atoms with van der Waals surface area (Å²) >= 11 is 0. The van der Waals surface area contributed by atoms with E-state index in [0.29, 0.717) is 6.42 Å². The first-order valence-corrected chi connectivity index (χ1v) is 8.99. The third kappa shape index (κ3) is 6.82. The summed E-state index contributed by atoms with van der Waals surface area (Å²) in [4.78, 5) is 35.6. The first-order chi connectivity index (χ1) is 12.4. The molecule has 0 radical (unpaired) electrons. The number of imide groups is 1. The van der Waals surface area contributed by atoms with Gasteiger partial charge in [-0.05, 0) is 43.9 Å². The number of benzene rings is 1. The molecule has 1 aliphatic rings. The second kappa shape index (κ2) is 9.89. The summed E-state index contributed by atoms with van der Waals surface area (Å²) in [6.07, 6.45) is 4.52. The van der Waals surface area contributed by atoms with Gasteiger partial charge in [-0.25, -0.2) is 9.18 Å². The number of carbonyl (C=O) groups is 3. The number of nitrogens with one attached hydrogen (secondary N) is 2. The van der Waals surface area contributed by atoms with Crippen molar-refractivity contribution in [1.29, 1.82) is 0 Å². The molecule has 2 N–H and O–H groups in total. The molecular weight excluding hydrogens is 339 g/mol. The maximum Gasteiger partial charge on any atom is 0.321 e. The van der Waals surface area contributed by atoms with E-state index in [1.165, 1.54) is 25.5 Å². The molecule has 0 saturated heterocycles. The Balaban J connectivity index is 1.68. The van der Waals surface area contributed by atoms with Crippen LogP contribution in [0.3, 0.4) is 0 Å². The Morgan fingerprint density at radius 2 is 1.81 bits per heavy atom. The van der Waals surface area contributed by atoms with Crippen molar-refractivity contribution in [3.05, 3.63) is 35.6 Å². The van der Waals surface area contributed by atoms with E-state index in [-0.39, 0.29) is 18.3 Å². The highest BCUT2D eigenvalue weighted by atomic mass is 19.1. The summed E-state index contributed by atoms with van der Waals surface area (Å²) in [5, 5.41) is 4.97. The highest BCUT2D eigenvalue weighted by molar-refractivity contribution is 5.97. The first kappa shape index (κ1) is 19.9. The zero-order valence-electron chi connectivity index (χ0n) is 14.9. The normalized spacial score (nSPS) is 15.8. The van der Waals surface area contributed by atoms with Crippen molar-refractivity contribution in [3.63, 3.8) is 0 Å². The van der Waals surface area contributed by atoms with Gasteiger partial charge in [-0.1, -0.05) is 31.4 Å². The zero-order chi connectivity index (χ0) is 18.9. The first-order valence-electron chi connectivity index (χ1n) is 8.99. The molecule has 1 aromatic carbocycles. The zero-order valence-corrected chi connectivity index (χ0v) is 14.9. The van der Waals surface area contributed by atoms with Crippen molar-refractivity contribution in [3.8, 4) is 0 Å². The number of halogens is 1. The number of esters is 1. The molecule has 7 heteroatoms. The van der Waals surface area contributed by atoms with Crippen molar-refractivity contribution >= 4 is 17.9 Å². The summed E-state index contributed by atoms with van der Waals surface area (Å²) < 4.78 is 17.9. The number of urea groups is 1. The average Bonchev–Trinajstić information content (AvgIpc) is 2.62. The highest BCUT2D eigenvalue weighted by Crippen LogP contribution is 2.17. The fourth-order valence-corrected chi connectivity index (χ4v) is 2.89. The smallest absolute Gasteiger partial charge is 0.321 e. The molecule has 6 nitrogen and oxygen atoms in total. The Bertz CT molecular complexity index is 627. The molecule has 0 aromatic heterocycles. The molecule has 3 amide bonds. The van der Waals surface area contributed by atoms with E-state index in [1.807, 2.05) is 0 Å². The lowest BCUT2D eigenvalue weighted by atomic mass is 9.96. The lowest BCUT2D eigenvalue weighted by Gasteiger charge is -2.23. The van der Waals surface area contributed by atoms with Crippen molar-refractivity contribution in [1.82, 2.24) is 10.6 Å². The van der Waals surface area contributed by atoms with Gasteiger partial charge in [-0.2, -0.15) is 0 Å². The SMILES string of the molecule is C[C@H](OC(=O)CCc1ccc(F)cc1)C(=O)NC(=O)NC1CCCCC1. The van der Waals surface area contributed by atoms with Crippen LogP contribution in [0.4, 0.5) is 9.18 Å². The molecule has 26 heavy (non-hydrogen) atoms. The Kier molecular flexibility index (Phi) is 7.56.